The molecular formula is C18H23Cl2NO. The standard InChI is InChI=1S/C18H23Cl2NO/c1-4-18(2,3)13-8-9-16(22)12(10-13)11-21-15-7-5-6-14(19)17(15)20/h5-7,11,13,21H,4,8-10H2,1-3H3/b12-11+/t13-/m0/s1. The van der Waals surface area contributed by atoms with Crippen molar-refractivity contribution in [1.29, 1.82) is 0 Å². The van der Waals surface area contributed by atoms with Gasteiger partial charge < -0.3 is 5.32 Å². The lowest BCUT2D eigenvalue weighted by Crippen LogP contribution is -2.29. The van der Waals surface area contributed by atoms with E-state index in [1.165, 1.54) is 0 Å². The summed E-state index contributed by atoms with van der Waals surface area (Å²) in [5.41, 5.74) is 1.84. The Morgan fingerprint density at radius 3 is 2.77 bits per heavy atom. The zero-order valence-corrected chi connectivity index (χ0v) is 14.9. The Hall–Kier alpha value is -0.990. The van der Waals surface area contributed by atoms with Crippen LogP contribution in [-0.2, 0) is 4.79 Å². The van der Waals surface area contributed by atoms with Crippen molar-refractivity contribution in [2.75, 3.05) is 5.32 Å². The molecule has 1 aliphatic rings. The van der Waals surface area contributed by atoms with E-state index in [1.807, 2.05) is 12.1 Å². The zero-order chi connectivity index (χ0) is 16.3. The van der Waals surface area contributed by atoms with E-state index in [0.29, 0.717) is 22.4 Å². The van der Waals surface area contributed by atoms with Gasteiger partial charge in [0.05, 0.1) is 15.7 Å². The summed E-state index contributed by atoms with van der Waals surface area (Å²) in [6.07, 6.45) is 5.36. The predicted molar refractivity (Wildman–Crippen MR) is 94.6 cm³/mol. The fraction of sp³-hybridized carbons (Fsp3) is 0.500. The van der Waals surface area contributed by atoms with E-state index in [9.17, 15) is 4.79 Å². The minimum Gasteiger partial charge on any atom is -0.360 e. The summed E-state index contributed by atoms with van der Waals surface area (Å²) < 4.78 is 0. The molecule has 0 bridgehead atoms. The number of halogens is 2. The highest BCUT2D eigenvalue weighted by Gasteiger charge is 2.33. The van der Waals surface area contributed by atoms with E-state index in [-0.39, 0.29) is 11.2 Å². The highest BCUT2D eigenvalue weighted by molar-refractivity contribution is 6.43. The second-order valence-corrected chi connectivity index (χ2v) is 7.41. The van der Waals surface area contributed by atoms with Crippen molar-refractivity contribution in [2.45, 2.75) is 46.5 Å². The second-order valence-electron chi connectivity index (χ2n) is 6.62. The summed E-state index contributed by atoms with van der Waals surface area (Å²) in [6, 6.07) is 5.43. The molecule has 0 aliphatic heterocycles. The van der Waals surface area contributed by atoms with Crippen LogP contribution in [0, 0.1) is 11.3 Å². The van der Waals surface area contributed by atoms with E-state index in [1.54, 1.807) is 12.3 Å². The average Bonchev–Trinajstić information content (AvgIpc) is 2.50. The minimum atomic E-state index is 0.230. The number of Topliss-reactive ketones (excluding diaryl/α,β-unsaturated/α-hetero) is 1. The van der Waals surface area contributed by atoms with E-state index >= 15 is 0 Å². The summed E-state index contributed by atoms with van der Waals surface area (Å²) in [7, 11) is 0. The van der Waals surface area contributed by atoms with Gasteiger partial charge in [-0.25, -0.2) is 0 Å². The smallest absolute Gasteiger partial charge is 0.160 e. The van der Waals surface area contributed by atoms with Crippen LogP contribution in [-0.4, -0.2) is 5.78 Å². The van der Waals surface area contributed by atoms with Gasteiger partial charge in [0.25, 0.3) is 0 Å². The lowest BCUT2D eigenvalue weighted by Gasteiger charge is -2.36. The fourth-order valence-electron chi connectivity index (χ4n) is 2.82. The molecule has 0 radical (unpaired) electrons. The van der Waals surface area contributed by atoms with Crippen molar-refractivity contribution < 1.29 is 4.79 Å². The van der Waals surface area contributed by atoms with Gasteiger partial charge in [0.1, 0.15) is 0 Å². The fourth-order valence-corrected chi connectivity index (χ4v) is 3.18. The van der Waals surface area contributed by atoms with Crippen LogP contribution in [0.5, 0.6) is 0 Å². The molecule has 1 saturated carbocycles. The van der Waals surface area contributed by atoms with E-state index in [2.05, 4.69) is 26.1 Å². The van der Waals surface area contributed by atoms with Crippen LogP contribution in [0.4, 0.5) is 5.69 Å². The van der Waals surface area contributed by atoms with Crippen LogP contribution in [0.3, 0.4) is 0 Å². The van der Waals surface area contributed by atoms with E-state index in [0.717, 1.165) is 30.5 Å². The molecule has 1 N–H and O–H groups in total. The zero-order valence-electron chi connectivity index (χ0n) is 13.4. The Morgan fingerprint density at radius 2 is 2.09 bits per heavy atom. The van der Waals surface area contributed by atoms with Crippen LogP contribution in [0.15, 0.2) is 30.0 Å². The monoisotopic (exact) mass is 339 g/mol. The number of carbonyl (C=O) groups excluding carboxylic acids is 1. The van der Waals surface area contributed by atoms with Gasteiger partial charge in [-0.3, -0.25) is 4.79 Å². The maximum atomic E-state index is 12.2. The van der Waals surface area contributed by atoms with Gasteiger partial charge in [-0.1, -0.05) is 56.5 Å². The predicted octanol–water partition coefficient (Wildman–Crippen LogP) is 6.09. The number of nitrogens with one attached hydrogen (secondary N) is 1. The van der Waals surface area contributed by atoms with Crippen molar-refractivity contribution in [3.63, 3.8) is 0 Å². The molecule has 1 aliphatic carbocycles. The van der Waals surface area contributed by atoms with Crippen molar-refractivity contribution in [2.24, 2.45) is 11.3 Å². The first-order valence-electron chi connectivity index (χ1n) is 7.78. The molecule has 120 valence electrons. The van der Waals surface area contributed by atoms with Crippen molar-refractivity contribution >= 4 is 34.7 Å². The van der Waals surface area contributed by atoms with Crippen LogP contribution in [0.2, 0.25) is 10.0 Å². The van der Waals surface area contributed by atoms with Gasteiger partial charge >= 0.3 is 0 Å². The second kappa shape index (κ2) is 7.06. The first kappa shape index (κ1) is 17.4. The molecule has 0 saturated heterocycles. The van der Waals surface area contributed by atoms with Crippen molar-refractivity contribution in [1.82, 2.24) is 0 Å². The molecule has 0 unspecified atom stereocenters. The number of anilines is 1. The number of allylic oxidation sites excluding steroid dienone is 1. The molecule has 0 aromatic heterocycles. The van der Waals surface area contributed by atoms with Crippen LogP contribution < -0.4 is 5.32 Å². The third kappa shape index (κ3) is 3.85. The quantitative estimate of drug-likeness (QED) is 0.672. The van der Waals surface area contributed by atoms with E-state index in [4.69, 9.17) is 23.2 Å². The van der Waals surface area contributed by atoms with Gasteiger partial charge in [0.15, 0.2) is 5.78 Å². The van der Waals surface area contributed by atoms with Gasteiger partial charge in [-0.15, -0.1) is 0 Å². The third-order valence-corrected chi connectivity index (χ3v) is 5.73. The maximum Gasteiger partial charge on any atom is 0.160 e. The molecular weight excluding hydrogens is 317 g/mol. The lowest BCUT2D eigenvalue weighted by molar-refractivity contribution is -0.117. The Bertz CT molecular complexity index is 593. The molecule has 2 nitrogen and oxygen atoms in total. The largest absolute Gasteiger partial charge is 0.360 e. The molecule has 1 fully saturated rings. The number of hydrogen-bond donors (Lipinski definition) is 1. The normalized spacial score (nSPS) is 21.2. The van der Waals surface area contributed by atoms with Crippen LogP contribution >= 0.6 is 23.2 Å². The molecule has 1 aromatic carbocycles. The number of hydrogen-bond acceptors (Lipinski definition) is 2. The van der Waals surface area contributed by atoms with Gasteiger partial charge in [0.2, 0.25) is 0 Å². The molecule has 0 spiro atoms. The first-order valence-corrected chi connectivity index (χ1v) is 8.53. The maximum absolute atomic E-state index is 12.2. The highest BCUT2D eigenvalue weighted by Crippen LogP contribution is 2.41. The van der Waals surface area contributed by atoms with Gasteiger partial charge in [-0.05, 0) is 36.3 Å². The number of rotatable bonds is 4. The Kier molecular flexibility index (Phi) is 5.57. The van der Waals surface area contributed by atoms with Crippen LogP contribution in [0.1, 0.15) is 46.5 Å². The molecule has 0 amide bonds. The third-order valence-electron chi connectivity index (χ3n) is 4.91. The molecule has 22 heavy (non-hydrogen) atoms. The lowest BCUT2D eigenvalue weighted by atomic mass is 9.68. The van der Waals surface area contributed by atoms with Gasteiger partial charge in [-0.2, -0.15) is 0 Å². The van der Waals surface area contributed by atoms with Gasteiger partial charge in [0, 0.05) is 18.2 Å². The van der Waals surface area contributed by atoms with Crippen molar-refractivity contribution in [3.05, 3.63) is 40.0 Å². The molecule has 4 heteroatoms. The average molecular weight is 340 g/mol. The molecule has 2 rings (SSSR count). The summed E-state index contributed by atoms with van der Waals surface area (Å²) >= 11 is 12.2. The van der Waals surface area contributed by atoms with Crippen LogP contribution in [0.25, 0.3) is 0 Å². The molecule has 1 atom stereocenters. The molecule has 1 aromatic rings. The van der Waals surface area contributed by atoms with Crippen molar-refractivity contribution in [3.8, 4) is 0 Å². The Balaban J connectivity index is 2.15. The Labute approximate surface area is 142 Å². The summed E-state index contributed by atoms with van der Waals surface area (Å²) in [4.78, 5) is 12.2. The SMILES string of the molecule is CCC(C)(C)[C@H]1CCC(=O)/C(=C/Nc2cccc(Cl)c2Cl)C1. The summed E-state index contributed by atoms with van der Waals surface area (Å²) in [5.74, 6) is 0.770. The number of benzene rings is 1. The summed E-state index contributed by atoms with van der Waals surface area (Å²) in [5, 5.41) is 4.13. The topological polar surface area (TPSA) is 29.1 Å². The number of carbonyl (C=O) groups is 1. The molecule has 0 heterocycles. The summed E-state index contributed by atoms with van der Waals surface area (Å²) in [6.45, 7) is 6.78. The Morgan fingerprint density at radius 1 is 1.36 bits per heavy atom. The minimum absolute atomic E-state index is 0.230. The van der Waals surface area contributed by atoms with E-state index < -0.39 is 0 Å². The highest BCUT2D eigenvalue weighted by atomic mass is 35.5. The first-order chi connectivity index (χ1) is 10.3. The number of ketones is 1.